The number of nitrogens with zero attached hydrogens (tertiary/aromatic N) is 2. The predicted octanol–water partition coefficient (Wildman–Crippen LogP) is 4.13. The van der Waals surface area contributed by atoms with Crippen LogP contribution in [-0.2, 0) is 11.2 Å². The number of para-hydroxylation sites is 1. The smallest absolute Gasteiger partial charge is 0.223 e. The Kier molecular flexibility index (Phi) is 4.92. The number of thiazole rings is 2. The number of amides is 1. The van der Waals surface area contributed by atoms with Crippen LogP contribution in [0.25, 0.3) is 10.6 Å². The van der Waals surface area contributed by atoms with Gasteiger partial charge in [0.05, 0.1) is 28.4 Å². The lowest BCUT2D eigenvalue weighted by molar-refractivity contribution is -0.114. The largest absolute Gasteiger partial charge is 0.496 e. The molecule has 7 heteroatoms. The molecule has 0 radical (unpaired) electrons. The number of hydrogen-bond acceptors (Lipinski definition) is 6. The highest BCUT2D eigenvalue weighted by Crippen LogP contribution is 2.34. The van der Waals surface area contributed by atoms with Crippen molar-refractivity contribution in [3.8, 4) is 16.3 Å². The molecule has 0 aliphatic rings. The monoisotopic (exact) mass is 359 g/mol. The van der Waals surface area contributed by atoms with Crippen molar-refractivity contribution >= 4 is 33.7 Å². The van der Waals surface area contributed by atoms with E-state index >= 15 is 0 Å². The third kappa shape index (κ3) is 3.63. The number of aryl methyl sites for hydroxylation is 1. The number of hydrogen-bond donors (Lipinski definition) is 1. The first-order valence-corrected chi connectivity index (χ1v) is 9.08. The Morgan fingerprint density at radius 1 is 1.29 bits per heavy atom. The molecule has 0 saturated carbocycles. The standard InChI is InChI=1S/C17H17N3O2S2/c1-10-16(24-17(18-10)19-11(2)21)13-9-23-15(20-13)8-12-6-4-5-7-14(12)22-3/h4-7,9H,8H2,1-3H3,(H,18,19,21). The van der Waals surface area contributed by atoms with Gasteiger partial charge in [-0.05, 0) is 13.0 Å². The number of rotatable bonds is 5. The van der Waals surface area contributed by atoms with Crippen LogP contribution in [0.2, 0.25) is 0 Å². The van der Waals surface area contributed by atoms with Crippen LogP contribution >= 0.6 is 22.7 Å². The highest BCUT2D eigenvalue weighted by Gasteiger charge is 2.14. The van der Waals surface area contributed by atoms with Gasteiger partial charge in [0.15, 0.2) is 5.13 Å². The first kappa shape index (κ1) is 16.6. The summed E-state index contributed by atoms with van der Waals surface area (Å²) in [5.74, 6) is 0.751. The van der Waals surface area contributed by atoms with E-state index in [-0.39, 0.29) is 5.91 Å². The normalized spacial score (nSPS) is 10.6. The Hall–Kier alpha value is -2.25. The van der Waals surface area contributed by atoms with Crippen molar-refractivity contribution in [3.05, 3.63) is 45.9 Å². The van der Waals surface area contributed by atoms with Gasteiger partial charge in [0.2, 0.25) is 5.91 Å². The molecule has 3 aromatic rings. The topological polar surface area (TPSA) is 64.1 Å². The lowest BCUT2D eigenvalue weighted by Gasteiger charge is -2.05. The average molecular weight is 359 g/mol. The maximum Gasteiger partial charge on any atom is 0.223 e. The van der Waals surface area contributed by atoms with Gasteiger partial charge < -0.3 is 10.1 Å². The minimum atomic E-state index is -0.120. The summed E-state index contributed by atoms with van der Waals surface area (Å²) in [5.41, 5.74) is 2.88. The highest BCUT2D eigenvalue weighted by molar-refractivity contribution is 7.19. The average Bonchev–Trinajstić information content (AvgIpc) is 3.14. The summed E-state index contributed by atoms with van der Waals surface area (Å²) in [6, 6.07) is 7.96. The first-order chi connectivity index (χ1) is 11.6. The van der Waals surface area contributed by atoms with E-state index in [1.165, 1.54) is 18.3 Å². The second-order valence-electron chi connectivity index (χ2n) is 5.23. The van der Waals surface area contributed by atoms with E-state index in [0.717, 1.165) is 39.0 Å². The Labute approximate surface area is 148 Å². The fourth-order valence-corrected chi connectivity index (χ4v) is 4.20. The molecule has 0 saturated heterocycles. The Morgan fingerprint density at radius 3 is 2.83 bits per heavy atom. The second-order valence-corrected chi connectivity index (χ2v) is 7.17. The third-order valence-corrected chi connectivity index (χ3v) is 5.34. The number of anilines is 1. The van der Waals surface area contributed by atoms with Gasteiger partial charge in [0, 0.05) is 24.3 Å². The zero-order valence-corrected chi connectivity index (χ0v) is 15.3. The summed E-state index contributed by atoms with van der Waals surface area (Å²) < 4.78 is 5.40. The van der Waals surface area contributed by atoms with Crippen molar-refractivity contribution in [2.24, 2.45) is 0 Å². The van der Waals surface area contributed by atoms with Crippen LogP contribution in [0.4, 0.5) is 5.13 Å². The first-order valence-electron chi connectivity index (χ1n) is 7.38. The minimum Gasteiger partial charge on any atom is -0.496 e. The summed E-state index contributed by atoms with van der Waals surface area (Å²) in [6.45, 7) is 3.40. The number of ether oxygens (including phenoxy) is 1. The van der Waals surface area contributed by atoms with E-state index in [0.29, 0.717) is 5.13 Å². The van der Waals surface area contributed by atoms with Crippen molar-refractivity contribution in [1.82, 2.24) is 9.97 Å². The molecule has 124 valence electrons. The van der Waals surface area contributed by atoms with Gasteiger partial charge in [-0.25, -0.2) is 9.97 Å². The molecule has 0 spiro atoms. The lowest BCUT2D eigenvalue weighted by Crippen LogP contribution is -2.04. The Bertz CT molecular complexity index is 870. The van der Waals surface area contributed by atoms with Crippen molar-refractivity contribution in [1.29, 1.82) is 0 Å². The van der Waals surface area contributed by atoms with E-state index in [4.69, 9.17) is 9.72 Å². The number of carbonyl (C=O) groups excluding carboxylic acids is 1. The molecule has 2 heterocycles. The summed E-state index contributed by atoms with van der Waals surface area (Å²) in [4.78, 5) is 21.3. The van der Waals surface area contributed by atoms with Crippen LogP contribution in [0.1, 0.15) is 23.2 Å². The molecule has 0 aliphatic carbocycles. The van der Waals surface area contributed by atoms with E-state index in [9.17, 15) is 4.79 Å². The quantitative estimate of drug-likeness (QED) is 0.744. The predicted molar refractivity (Wildman–Crippen MR) is 98.1 cm³/mol. The third-order valence-electron chi connectivity index (χ3n) is 3.40. The maximum atomic E-state index is 11.2. The Balaban J connectivity index is 1.83. The summed E-state index contributed by atoms with van der Waals surface area (Å²) in [5, 5.41) is 6.38. The molecule has 0 aliphatic heterocycles. The highest BCUT2D eigenvalue weighted by atomic mass is 32.1. The van der Waals surface area contributed by atoms with Crippen LogP contribution in [-0.4, -0.2) is 23.0 Å². The zero-order chi connectivity index (χ0) is 17.1. The number of benzene rings is 1. The van der Waals surface area contributed by atoms with Gasteiger partial charge in [-0.1, -0.05) is 29.5 Å². The van der Waals surface area contributed by atoms with E-state index < -0.39 is 0 Å². The maximum absolute atomic E-state index is 11.2. The fourth-order valence-electron chi connectivity index (χ4n) is 2.35. The molecule has 0 atom stereocenters. The lowest BCUT2D eigenvalue weighted by atomic mass is 10.1. The molecule has 0 bridgehead atoms. The molecule has 0 unspecified atom stereocenters. The summed E-state index contributed by atoms with van der Waals surface area (Å²) in [7, 11) is 1.68. The van der Waals surface area contributed by atoms with Gasteiger partial charge >= 0.3 is 0 Å². The van der Waals surface area contributed by atoms with E-state index in [2.05, 4.69) is 10.3 Å². The Morgan fingerprint density at radius 2 is 2.08 bits per heavy atom. The van der Waals surface area contributed by atoms with Gasteiger partial charge in [-0.3, -0.25) is 4.79 Å². The van der Waals surface area contributed by atoms with Gasteiger partial charge in [0.25, 0.3) is 0 Å². The van der Waals surface area contributed by atoms with Crippen molar-refractivity contribution in [2.45, 2.75) is 20.3 Å². The van der Waals surface area contributed by atoms with Crippen molar-refractivity contribution in [3.63, 3.8) is 0 Å². The molecule has 1 N–H and O–H groups in total. The van der Waals surface area contributed by atoms with E-state index in [1.807, 2.05) is 36.6 Å². The number of methoxy groups -OCH3 is 1. The fraction of sp³-hybridized carbons (Fsp3) is 0.235. The van der Waals surface area contributed by atoms with Gasteiger partial charge in [-0.2, -0.15) is 0 Å². The number of aromatic nitrogens is 2. The van der Waals surface area contributed by atoms with Crippen LogP contribution in [0.15, 0.2) is 29.6 Å². The molecule has 1 aromatic carbocycles. The molecule has 0 fully saturated rings. The number of carbonyl (C=O) groups is 1. The minimum absolute atomic E-state index is 0.120. The van der Waals surface area contributed by atoms with Crippen LogP contribution in [0, 0.1) is 6.92 Å². The molecule has 24 heavy (non-hydrogen) atoms. The molecule has 5 nitrogen and oxygen atoms in total. The van der Waals surface area contributed by atoms with E-state index in [1.54, 1.807) is 18.4 Å². The van der Waals surface area contributed by atoms with Gasteiger partial charge in [-0.15, -0.1) is 11.3 Å². The molecule has 1 amide bonds. The van der Waals surface area contributed by atoms with Crippen LogP contribution < -0.4 is 10.1 Å². The van der Waals surface area contributed by atoms with Crippen LogP contribution in [0.3, 0.4) is 0 Å². The molecular weight excluding hydrogens is 342 g/mol. The zero-order valence-electron chi connectivity index (χ0n) is 13.6. The summed E-state index contributed by atoms with van der Waals surface area (Å²) >= 11 is 3.06. The SMILES string of the molecule is COc1ccccc1Cc1nc(-c2sc(NC(C)=O)nc2C)cs1. The van der Waals surface area contributed by atoms with Crippen LogP contribution in [0.5, 0.6) is 5.75 Å². The number of nitrogens with one attached hydrogen (secondary N) is 1. The molecule has 2 aromatic heterocycles. The molecular formula is C17H17N3O2S2. The van der Waals surface area contributed by atoms with Crippen molar-refractivity contribution < 1.29 is 9.53 Å². The van der Waals surface area contributed by atoms with Gasteiger partial charge in [0.1, 0.15) is 5.75 Å². The summed E-state index contributed by atoms with van der Waals surface area (Å²) in [6.07, 6.45) is 0.727. The van der Waals surface area contributed by atoms with Crippen molar-refractivity contribution in [2.75, 3.05) is 12.4 Å². The second kappa shape index (κ2) is 7.11. The molecule has 3 rings (SSSR count).